The van der Waals surface area contributed by atoms with Crippen LogP contribution in [-0.4, -0.2) is 27.0 Å². The molecule has 0 aromatic heterocycles. The zero-order valence-corrected chi connectivity index (χ0v) is 9.28. The number of aromatic hydroxyl groups is 1. The Morgan fingerprint density at radius 3 is 2.56 bits per heavy atom. The van der Waals surface area contributed by atoms with Crippen molar-refractivity contribution in [3.8, 4) is 5.75 Å². The van der Waals surface area contributed by atoms with Crippen LogP contribution in [0.15, 0.2) is 18.2 Å². The smallest absolute Gasteiger partial charge is 0.315 e. The fraction of sp³-hybridized carbons (Fsp3) is 0.200. The normalized spacial score (nSPS) is 11.6. The van der Waals surface area contributed by atoms with Crippen molar-refractivity contribution in [2.24, 2.45) is 5.92 Å². The van der Waals surface area contributed by atoms with Crippen molar-refractivity contribution in [3.05, 3.63) is 28.3 Å². The predicted octanol–water partition coefficient (Wildman–Crippen LogP) is 0.960. The van der Waals surface area contributed by atoms with E-state index in [1.165, 1.54) is 0 Å². The number of nitrogens with zero attached hydrogens (tertiary/aromatic N) is 1. The molecule has 8 heteroatoms. The molecule has 96 valence electrons. The van der Waals surface area contributed by atoms with Crippen molar-refractivity contribution in [3.63, 3.8) is 0 Å². The highest BCUT2D eigenvalue weighted by Crippen LogP contribution is 2.28. The summed E-state index contributed by atoms with van der Waals surface area (Å²) in [4.78, 5) is 31.8. The number of nitrogens with one attached hydrogen (secondary N) is 1. The first-order valence-corrected chi connectivity index (χ1v) is 4.84. The molecule has 1 rings (SSSR count). The van der Waals surface area contributed by atoms with Gasteiger partial charge >= 0.3 is 5.97 Å². The lowest BCUT2D eigenvalue weighted by Crippen LogP contribution is -2.26. The number of carboxylic acid groups (broad SMARTS) is 1. The van der Waals surface area contributed by atoms with Crippen molar-refractivity contribution in [1.82, 2.24) is 0 Å². The molecule has 0 saturated carbocycles. The molecule has 0 spiro atoms. The monoisotopic (exact) mass is 254 g/mol. The van der Waals surface area contributed by atoms with Crippen LogP contribution in [0.25, 0.3) is 0 Å². The van der Waals surface area contributed by atoms with Gasteiger partial charge in [0.05, 0.1) is 10.6 Å². The van der Waals surface area contributed by atoms with E-state index < -0.39 is 22.7 Å². The van der Waals surface area contributed by atoms with Crippen LogP contribution in [0, 0.1) is 16.0 Å². The first kappa shape index (κ1) is 13.4. The number of anilines is 1. The topological polar surface area (TPSA) is 130 Å². The minimum absolute atomic E-state index is 0.206. The van der Waals surface area contributed by atoms with Gasteiger partial charge in [-0.1, -0.05) is 0 Å². The standard InChI is InChI=1S/C10H10N2O6/c1-5(10(15)16)9(14)11-7-4-6(12(17)18)2-3-8(7)13/h2-5,13H,1H3,(H,11,14)(H,15,16). The van der Waals surface area contributed by atoms with Gasteiger partial charge in [0.25, 0.3) is 5.69 Å². The number of aliphatic carboxylic acids is 1. The highest BCUT2D eigenvalue weighted by Gasteiger charge is 2.22. The summed E-state index contributed by atoms with van der Waals surface area (Å²) in [6.07, 6.45) is 0. The minimum Gasteiger partial charge on any atom is -0.506 e. The van der Waals surface area contributed by atoms with E-state index in [4.69, 9.17) is 5.11 Å². The lowest BCUT2D eigenvalue weighted by atomic mass is 10.1. The maximum absolute atomic E-state index is 11.4. The van der Waals surface area contributed by atoms with E-state index in [9.17, 15) is 24.8 Å². The molecule has 0 aliphatic rings. The number of hydrogen-bond acceptors (Lipinski definition) is 5. The lowest BCUT2D eigenvalue weighted by molar-refractivity contribution is -0.384. The molecule has 1 unspecified atom stereocenters. The molecule has 0 radical (unpaired) electrons. The molecule has 8 nitrogen and oxygen atoms in total. The van der Waals surface area contributed by atoms with E-state index >= 15 is 0 Å². The SMILES string of the molecule is CC(C(=O)O)C(=O)Nc1cc([N+](=O)[O-])ccc1O. The Hall–Kier alpha value is -2.64. The van der Waals surface area contributed by atoms with E-state index in [0.717, 1.165) is 25.1 Å². The number of carboxylic acids is 1. The fourth-order valence-corrected chi connectivity index (χ4v) is 1.09. The quantitative estimate of drug-likeness (QED) is 0.317. The Morgan fingerprint density at radius 2 is 2.06 bits per heavy atom. The zero-order valence-electron chi connectivity index (χ0n) is 9.28. The van der Waals surface area contributed by atoms with Gasteiger partial charge in [-0.2, -0.15) is 0 Å². The summed E-state index contributed by atoms with van der Waals surface area (Å²) >= 11 is 0. The highest BCUT2D eigenvalue weighted by molar-refractivity contribution is 6.04. The number of phenolic OH excluding ortho intramolecular Hbond substituents is 1. The van der Waals surface area contributed by atoms with Gasteiger partial charge in [0.1, 0.15) is 11.7 Å². The summed E-state index contributed by atoms with van der Waals surface area (Å²) in [5, 5.41) is 30.6. The summed E-state index contributed by atoms with van der Waals surface area (Å²) in [5.74, 6) is -3.93. The van der Waals surface area contributed by atoms with Gasteiger partial charge in [0.15, 0.2) is 0 Å². The molecule has 0 heterocycles. The molecule has 1 aromatic carbocycles. The van der Waals surface area contributed by atoms with Crippen LogP contribution in [0.4, 0.5) is 11.4 Å². The number of phenols is 1. The molecular weight excluding hydrogens is 244 g/mol. The van der Waals surface area contributed by atoms with Gasteiger partial charge in [0, 0.05) is 12.1 Å². The number of nitro groups is 1. The fourth-order valence-electron chi connectivity index (χ4n) is 1.09. The van der Waals surface area contributed by atoms with Crippen molar-refractivity contribution < 1.29 is 24.7 Å². The Bertz CT molecular complexity index is 513. The molecule has 1 atom stereocenters. The number of carbonyl (C=O) groups excluding carboxylic acids is 1. The van der Waals surface area contributed by atoms with E-state index in [0.29, 0.717) is 0 Å². The first-order chi connectivity index (χ1) is 8.32. The Labute approximate surface area is 101 Å². The molecule has 3 N–H and O–H groups in total. The van der Waals surface area contributed by atoms with Gasteiger partial charge in [-0.25, -0.2) is 0 Å². The van der Waals surface area contributed by atoms with Crippen LogP contribution >= 0.6 is 0 Å². The second-order valence-corrected chi connectivity index (χ2v) is 3.51. The van der Waals surface area contributed by atoms with Crippen molar-refractivity contribution in [2.45, 2.75) is 6.92 Å². The van der Waals surface area contributed by atoms with E-state index in [-0.39, 0.29) is 17.1 Å². The minimum atomic E-state index is -1.34. The Morgan fingerprint density at radius 1 is 1.44 bits per heavy atom. The van der Waals surface area contributed by atoms with Crippen LogP contribution in [0.1, 0.15) is 6.92 Å². The summed E-state index contributed by atoms with van der Waals surface area (Å²) in [7, 11) is 0. The summed E-state index contributed by atoms with van der Waals surface area (Å²) < 4.78 is 0. The molecule has 0 aliphatic heterocycles. The zero-order chi connectivity index (χ0) is 13.9. The number of amides is 1. The van der Waals surface area contributed by atoms with Gasteiger partial charge in [-0.05, 0) is 13.0 Å². The maximum atomic E-state index is 11.4. The average molecular weight is 254 g/mol. The predicted molar refractivity (Wildman–Crippen MR) is 60.2 cm³/mol. The van der Waals surface area contributed by atoms with Crippen molar-refractivity contribution in [1.29, 1.82) is 0 Å². The number of hydrogen-bond donors (Lipinski definition) is 3. The molecular formula is C10H10N2O6. The second-order valence-electron chi connectivity index (χ2n) is 3.51. The van der Waals surface area contributed by atoms with Crippen LogP contribution < -0.4 is 5.32 Å². The van der Waals surface area contributed by atoms with Gasteiger partial charge < -0.3 is 15.5 Å². The van der Waals surface area contributed by atoms with Crippen LogP contribution in [-0.2, 0) is 9.59 Å². The third-order valence-electron chi connectivity index (χ3n) is 2.21. The maximum Gasteiger partial charge on any atom is 0.315 e. The molecule has 18 heavy (non-hydrogen) atoms. The van der Waals surface area contributed by atoms with Gasteiger partial charge in [0.2, 0.25) is 5.91 Å². The van der Waals surface area contributed by atoms with Gasteiger partial charge in [-0.15, -0.1) is 0 Å². The van der Waals surface area contributed by atoms with Crippen LogP contribution in [0.2, 0.25) is 0 Å². The van der Waals surface area contributed by atoms with E-state index in [1.54, 1.807) is 0 Å². The lowest BCUT2D eigenvalue weighted by Gasteiger charge is -2.09. The van der Waals surface area contributed by atoms with Crippen molar-refractivity contribution in [2.75, 3.05) is 5.32 Å². The van der Waals surface area contributed by atoms with Gasteiger partial charge in [-0.3, -0.25) is 19.7 Å². The van der Waals surface area contributed by atoms with E-state index in [2.05, 4.69) is 5.32 Å². The highest BCUT2D eigenvalue weighted by atomic mass is 16.6. The molecule has 0 aliphatic carbocycles. The summed E-state index contributed by atoms with van der Waals surface area (Å²) in [6, 6.07) is 3.05. The van der Waals surface area contributed by atoms with Crippen molar-refractivity contribution >= 4 is 23.3 Å². The molecule has 0 saturated heterocycles. The molecule has 1 amide bonds. The second kappa shape index (κ2) is 5.13. The third kappa shape index (κ3) is 2.94. The Balaban J connectivity index is 2.97. The number of carbonyl (C=O) groups is 2. The summed E-state index contributed by atoms with van der Waals surface area (Å²) in [5.41, 5.74) is -0.534. The average Bonchev–Trinajstić information content (AvgIpc) is 2.30. The molecule has 0 bridgehead atoms. The van der Waals surface area contributed by atoms with E-state index in [1.807, 2.05) is 0 Å². The number of rotatable bonds is 4. The van der Waals surface area contributed by atoms with Crippen LogP contribution in [0.3, 0.4) is 0 Å². The summed E-state index contributed by atoms with van der Waals surface area (Å²) in [6.45, 7) is 1.16. The number of non-ortho nitro benzene ring substituents is 1. The third-order valence-corrected chi connectivity index (χ3v) is 2.21. The first-order valence-electron chi connectivity index (χ1n) is 4.84. The number of benzene rings is 1. The van der Waals surface area contributed by atoms with Crippen LogP contribution in [0.5, 0.6) is 5.75 Å². The number of nitro benzene ring substituents is 1. The molecule has 1 aromatic rings. The Kier molecular flexibility index (Phi) is 3.82. The largest absolute Gasteiger partial charge is 0.506 e. The molecule has 0 fully saturated rings.